The maximum absolute atomic E-state index is 12.4. The van der Waals surface area contributed by atoms with Gasteiger partial charge in [-0.15, -0.1) is 0 Å². The van der Waals surface area contributed by atoms with Crippen LogP contribution in [0.15, 0.2) is 0 Å². The van der Waals surface area contributed by atoms with Gasteiger partial charge in [0.2, 0.25) is 6.43 Å². The Labute approximate surface area is 73.3 Å². The summed E-state index contributed by atoms with van der Waals surface area (Å²) < 4.78 is 24.9. The summed E-state index contributed by atoms with van der Waals surface area (Å²) in [5.74, 6) is 0.436. The van der Waals surface area contributed by atoms with E-state index in [1.165, 1.54) is 0 Å². The van der Waals surface area contributed by atoms with E-state index < -0.39 is 6.43 Å². The van der Waals surface area contributed by atoms with Gasteiger partial charge in [0.15, 0.2) is 0 Å². The van der Waals surface area contributed by atoms with Crippen LogP contribution in [0.3, 0.4) is 0 Å². The fraction of sp³-hybridized carbons (Fsp3) is 1.00. The molecular weight excluding hydrogens is 158 g/mol. The van der Waals surface area contributed by atoms with Crippen LogP contribution in [0.25, 0.3) is 0 Å². The summed E-state index contributed by atoms with van der Waals surface area (Å²) in [4.78, 5) is 0. The highest BCUT2D eigenvalue weighted by atomic mass is 19.3. The average molecular weight is 176 g/mol. The van der Waals surface area contributed by atoms with Crippen LogP contribution in [0.2, 0.25) is 0 Å². The van der Waals surface area contributed by atoms with Crippen molar-refractivity contribution in [2.75, 3.05) is 0 Å². The summed E-state index contributed by atoms with van der Waals surface area (Å²) in [6.07, 6.45) is -1.39. The van der Waals surface area contributed by atoms with Crippen LogP contribution in [0.1, 0.15) is 34.1 Å². The fourth-order valence-corrected chi connectivity index (χ4v) is 2.64. The molecule has 1 fully saturated rings. The molecule has 1 atom stereocenters. The molecule has 0 heterocycles. The van der Waals surface area contributed by atoms with Crippen molar-refractivity contribution in [1.29, 1.82) is 0 Å². The summed E-state index contributed by atoms with van der Waals surface area (Å²) in [6.45, 7) is 8.23. The Bertz CT molecular complexity index is 153. The topological polar surface area (TPSA) is 0 Å². The van der Waals surface area contributed by atoms with Gasteiger partial charge in [0.1, 0.15) is 0 Å². The molecule has 1 unspecified atom stereocenters. The fourth-order valence-electron chi connectivity index (χ4n) is 2.64. The Hall–Kier alpha value is -0.140. The largest absolute Gasteiger partial charge is 0.242 e. The Balaban J connectivity index is 2.69. The monoisotopic (exact) mass is 176 g/mol. The van der Waals surface area contributed by atoms with Crippen molar-refractivity contribution in [2.45, 2.75) is 40.5 Å². The predicted molar refractivity (Wildman–Crippen MR) is 46.2 cm³/mol. The van der Waals surface area contributed by atoms with E-state index >= 15 is 0 Å². The lowest BCUT2D eigenvalue weighted by molar-refractivity contribution is 0.0784. The van der Waals surface area contributed by atoms with E-state index in [1.54, 1.807) is 0 Å². The molecule has 0 N–H and O–H groups in total. The summed E-state index contributed by atoms with van der Waals surface area (Å²) >= 11 is 0. The second-order valence-corrected chi connectivity index (χ2v) is 4.57. The molecule has 2 heteroatoms. The van der Waals surface area contributed by atoms with E-state index in [0.29, 0.717) is 11.8 Å². The standard InChI is InChI=1S/C10H18F2/c1-6(2)10(7(3)4)5-8(10)9(11)12/h6-9H,5H2,1-4H3. The zero-order chi connectivity index (χ0) is 9.52. The first-order valence-electron chi connectivity index (χ1n) is 4.71. The number of alkyl halides is 2. The first kappa shape index (κ1) is 9.94. The second kappa shape index (κ2) is 2.97. The molecule has 0 bridgehead atoms. The van der Waals surface area contributed by atoms with E-state index in [-0.39, 0.29) is 11.3 Å². The van der Waals surface area contributed by atoms with Crippen LogP contribution in [-0.2, 0) is 0 Å². The molecule has 0 radical (unpaired) electrons. The van der Waals surface area contributed by atoms with Crippen molar-refractivity contribution >= 4 is 0 Å². The molecule has 0 aliphatic heterocycles. The molecule has 0 amide bonds. The zero-order valence-corrected chi connectivity index (χ0v) is 8.27. The lowest BCUT2D eigenvalue weighted by Gasteiger charge is -2.26. The van der Waals surface area contributed by atoms with Crippen molar-refractivity contribution in [3.63, 3.8) is 0 Å². The highest BCUT2D eigenvalue weighted by Gasteiger charge is 2.61. The highest BCUT2D eigenvalue weighted by molar-refractivity contribution is 5.06. The van der Waals surface area contributed by atoms with Gasteiger partial charge >= 0.3 is 0 Å². The van der Waals surface area contributed by atoms with Crippen molar-refractivity contribution in [3.8, 4) is 0 Å². The maximum Gasteiger partial charge on any atom is 0.242 e. The van der Waals surface area contributed by atoms with Gasteiger partial charge in [0.05, 0.1) is 0 Å². The Morgan fingerprint density at radius 2 is 1.50 bits per heavy atom. The average Bonchev–Trinajstić information content (AvgIpc) is 2.60. The van der Waals surface area contributed by atoms with Gasteiger partial charge in [-0.3, -0.25) is 0 Å². The highest BCUT2D eigenvalue weighted by Crippen LogP contribution is 2.64. The first-order valence-corrected chi connectivity index (χ1v) is 4.71. The van der Waals surface area contributed by atoms with Crippen LogP contribution < -0.4 is 0 Å². The summed E-state index contributed by atoms with van der Waals surface area (Å²) in [7, 11) is 0. The molecule has 0 saturated heterocycles. The van der Waals surface area contributed by atoms with Gasteiger partial charge in [-0.05, 0) is 23.7 Å². The van der Waals surface area contributed by atoms with E-state index in [2.05, 4.69) is 27.7 Å². The Kier molecular flexibility index (Phi) is 2.46. The zero-order valence-electron chi connectivity index (χ0n) is 8.27. The Morgan fingerprint density at radius 1 is 1.08 bits per heavy atom. The first-order chi connectivity index (χ1) is 5.43. The van der Waals surface area contributed by atoms with Crippen molar-refractivity contribution < 1.29 is 8.78 Å². The molecule has 0 nitrogen and oxygen atoms in total. The number of hydrogen-bond donors (Lipinski definition) is 0. The molecule has 12 heavy (non-hydrogen) atoms. The van der Waals surface area contributed by atoms with Gasteiger partial charge in [0, 0.05) is 5.92 Å². The van der Waals surface area contributed by atoms with Crippen LogP contribution in [0.5, 0.6) is 0 Å². The van der Waals surface area contributed by atoms with Gasteiger partial charge in [-0.25, -0.2) is 8.78 Å². The van der Waals surface area contributed by atoms with Crippen molar-refractivity contribution in [3.05, 3.63) is 0 Å². The van der Waals surface area contributed by atoms with Gasteiger partial charge in [-0.2, -0.15) is 0 Å². The molecule has 0 aromatic heterocycles. The van der Waals surface area contributed by atoms with E-state index in [4.69, 9.17) is 0 Å². The summed E-state index contributed by atoms with van der Waals surface area (Å²) in [5.41, 5.74) is -0.0613. The lowest BCUT2D eigenvalue weighted by Crippen LogP contribution is -2.22. The molecule has 0 aromatic rings. The molecule has 0 aromatic carbocycles. The maximum atomic E-state index is 12.4. The second-order valence-electron chi connectivity index (χ2n) is 4.57. The SMILES string of the molecule is CC(C)C1(C(C)C)CC1C(F)F. The van der Waals surface area contributed by atoms with Gasteiger partial charge in [-0.1, -0.05) is 27.7 Å². The van der Waals surface area contributed by atoms with Gasteiger partial charge < -0.3 is 0 Å². The van der Waals surface area contributed by atoms with Crippen LogP contribution >= 0.6 is 0 Å². The Morgan fingerprint density at radius 3 is 1.58 bits per heavy atom. The minimum absolute atomic E-state index is 0.0613. The number of hydrogen-bond acceptors (Lipinski definition) is 0. The third kappa shape index (κ3) is 1.25. The van der Waals surface area contributed by atoms with Crippen LogP contribution in [0.4, 0.5) is 8.78 Å². The minimum atomic E-state index is -2.12. The lowest BCUT2D eigenvalue weighted by atomic mass is 9.80. The van der Waals surface area contributed by atoms with E-state index in [0.717, 1.165) is 6.42 Å². The number of rotatable bonds is 3. The summed E-state index contributed by atoms with van der Waals surface area (Å²) in [6, 6.07) is 0. The van der Waals surface area contributed by atoms with Crippen LogP contribution in [-0.4, -0.2) is 6.43 Å². The van der Waals surface area contributed by atoms with Gasteiger partial charge in [0.25, 0.3) is 0 Å². The third-order valence-electron chi connectivity index (χ3n) is 3.56. The quantitative estimate of drug-likeness (QED) is 0.616. The third-order valence-corrected chi connectivity index (χ3v) is 3.56. The predicted octanol–water partition coefficient (Wildman–Crippen LogP) is 3.57. The summed E-state index contributed by atoms with van der Waals surface area (Å²) in [5, 5.41) is 0. The molecule has 0 spiro atoms. The van der Waals surface area contributed by atoms with E-state index in [1.807, 2.05) is 0 Å². The van der Waals surface area contributed by atoms with Crippen molar-refractivity contribution in [1.82, 2.24) is 0 Å². The molecule has 1 rings (SSSR count). The van der Waals surface area contributed by atoms with Crippen molar-refractivity contribution in [2.24, 2.45) is 23.2 Å². The molecule has 1 aliphatic carbocycles. The van der Waals surface area contributed by atoms with Crippen LogP contribution in [0, 0.1) is 23.2 Å². The normalized spacial score (nSPS) is 27.2. The number of halogens is 2. The molecule has 72 valence electrons. The smallest absolute Gasteiger partial charge is 0.210 e. The van der Waals surface area contributed by atoms with E-state index in [9.17, 15) is 8.78 Å². The molecule has 1 aliphatic rings. The molecule has 1 saturated carbocycles. The minimum Gasteiger partial charge on any atom is -0.210 e. The molecular formula is C10H18F2.